The number of H-pyrrole nitrogens is 1. The molecule has 0 radical (unpaired) electrons. The van der Waals surface area contributed by atoms with Crippen molar-refractivity contribution in [2.45, 2.75) is 19.3 Å². The van der Waals surface area contributed by atoms with Gasteiger partial charge in [-0.05, 0) is 48.7 Å². The first-order valence-electron chi connectivity index (χ1n) is 9.73. The highest BCUT2D eigenvalue weighted by Crippen LogP contribution is 2.19. The second-order valence-corrected chi connectivity index (χ2v) is 6.83. The number of hydrogen-bond acceptors (Lipinski definition) is 3. The van der Waals surface area contributed by atoms with Gasteiger partial charge < -0.3 is 15.6 Å². The highest BCUT2D eigenvalue weighted by atomic mass is 127. The van der Waals surface area contributed by atoms with Gasteiger partial charge in [-0.3, -0.25) is 9.39 Å². The molecular formula is C21H25FIN7. The lowest BCUT2D eigenvalue weighted by Crippen LogP contribution is -2.38. The van der Waals surface area contributed by atoms with Gasteiger partial charge in [-0.2, -0.15) is 0 Å². The molecule has 3 aromatic heterocycles. The van der Waals surface area contributed by atoms with Crippen molar-refractivity contribution in [1.29, 1.82) is 0 Å². The molecule has 1 aromatic carbocycles. The molecule has 0 unspecified atom stereocenters. The number of guanidine groups is 1. The van der Waals surface area contributed by atoms with Crippen LogP contribution in [0.2, 0.25) is 0 Å². The summed E-state index contributed by atoms with van der Waals surface area (Å²) in [5.74, 6) is 1.50. The van der Waals surface area contributed by atoms with Crippen LogP contribution in [-0.2, 0) is 12.8 Å². The predicted molar refractivity (Wildman–Crippen MR) is 128 cm³/mol. The molecular weight excluding hydrogens is 496 g/mol. The fraction of sp³-hybridized carbons (Fsp3) is 0.286. The molecule has 3 N–H and O–H groups in total. The summed E-state index contributed by atoms with van der Waals surface area (Å²) in [7, 11) is 1.76. The van der Waals surface area contributed by atoms with E-state index >= 15 is 0 Å². The molecule has 0 atom stereocenters. The molecule has 9 heteroatoms. The fourth-order valence-corrected chi connectivity index (χ4v) is 3.42. The Morgan fingerprint density at radius 2 is 2.00 bits per heavy atom. The van der Waals surface area contributed by atoms with E-state index in [1.807, 2.05) is 41.1 Å². The van der Waals surface area contributed by atoms with E-state index in [0.717, 1.165) is 66.2 Å². The van der Waals surface area contributed by atoms with Gasteiger partial charge >= 0.3 is 0 Å². The van der Waals surface area contributed by atoms with Gasteiger partial charge in [0.15, 0.2) is 11.6 Å². The van der Waals surface area contributed by atoms with E-state index < -0.39 is 0 Å². The third-order valence-corrected chi connectivity index (χ3v) is 4.89. The molecule has 0 fully saturated rings. The molecule has 0 bridgehead atoms. The third kappa shape index (κ3) is 5.07. The average Bonchev–Trinajstić information content (AvgIpc) is 3.33. The first-order chi connectivity index (χ1) is 14.2. The van der Waals surface area contributed by atoms with E-state index in [1.54, 1.807) is 7.05 Å². The molecule has 7 nitrogen and oxygen atoms in total. The third-order valence-electron chi connectivity index (χ3n) is 4.89. The van der Waals surface area contributed by atoms with Crippen LogP contribution in [0.1, 0.15) is 17.8 Å². The minimum atomic E-state index is -0.229. The molecule has 158 valence electrons. The normalized spacial score (nSPS) is 11.6. The molecule has 3 heterocycles. The number of fused-ring (bicyclic) bond motifs is 2. The predicted octanol–water partition coefficient (Wildman–Crippen LogP) is 3.31. The highest BCUT2D eigenvalue weighted by molar-refractivity contribution is 14.0. The molecule has 0 saturated carbocycles. The van der Waals surface area contributed by atoms with Crippen LogP contribution < -0.4 is 10.6 Å². The van der Waals surface area contributed by atoms with Gasteiger partial charge in [0.05, 0.1) is 0 Å². The SMILES string of the molecule is CN=C(NCCCc1nnc2ccccn12)NCCc1c[nH]c2cc(F)ccc12.I. The van der Waals surface area contributed by atoms with Crippen LogP contribution in [0.4, 0.5) is 4.39 Å². The van der Waals surface area contributed by atoms with Crippen LogP contribution in [0.5, 0.6) is 0 Å². The zero-order valence-electron chi connectivity index (χ0n) is 16.7. The molecule has 0 aliphatic heterocycles. The molecule has 0 aliphatic rings. The van der Waals surface area contributed by atoms with Crippen LogP contribution >= 0.6 is 24.0 Å². The van der Waals surface area contributed by atoms with Gasteiger partial charge in [-0.25, -0.2) is 4.39 Å². The standard InChI is InChI=1S/C21H24FN7.HI/c1-23-21(24-10-4-6-20-28-27-19-5-2-3-12-29(19)20)25-11-9-15-14-26-18-13-16(22)7-8-17(15)18;/h2-3,5,7-8,12-14,26H,4,6,9-11H2,1H3,(H2,23,24,25);1H. The van der Waals surface area contributed by atoms with E-state index in [-0.39, 0.29) is 29.8 Å². The van der Waals surface area contributed by atoms with Crippen molar-refractivity contribution >= 4 is 46.5 Å². The summed E-state index contributed by atoms with van der Waals surface area (Å²) < 4.78 is 15.3. The van der Waals surface area contributed by atoms with Gasteiger partial charge in [0.2, 0.25) is 0 Å². The lowest BCUT2D eigenvalue weighted by Gasteiger charge is -2.11. The minimum absolute atomic E-state index is 0. The molecule has 0 saturated heterocycles. The Labute approximate surface area is 191 Å². The summed E-state index contributed by atoms with van der Waals surface area (Å²) in [6, 6.07) is 10.7. The van der Waals surface area contributed by atoms with Crippen molar-refractivity contribution in [3.8, 4) is 0 Å². The Balaban J connectivity index is 0.00000256. The van der Waals surface area contributed by atoms with Crippen molar-refractivity contribution in [1.82, 2.24) is 30.2 Å². The van der Waals surface area contributed by atoms with E-state index in [4.69, 9.17) is 0 Å². The second kappa shape index (κ2) is 10.4. The van der Waals surface area contributed by atoms with Gasteiger partial charge in [0, 0.05) is 49.9 Å². The minimum Gasteiger partial charge on any atom is -0.361 e. The number of benzene rings is 1. The van der Waals surface area contributed by atoms with Crippen LogP contribution in [0.15, 0.2) is 53.8 Å². The topological polar surface area (TPSA) is 82.4 Å². The Kier molecular flexibility index (Phi) is 7.61. The summed E-state index contributed by atoms with van der Waals surface area (Å²) >= 11 is 0. The summed E-state index contributed by atoms with van der Waals surface area (Å²) in [5.41, 5.74) is 2.85. The number of aromatic nitrogens is 4. The van der Waals surface area contributed by atoms with Crippen molar-refractivity contribution in [2.24, 2.45) is 4.99 Å². The van der Waals surface area contributed by atoms with E-state index in [1.165, 1.54) is 12.1 Å². The van der Waals surface area contributed by atoms with Gasteiger partial charge in [0.1, 0.15) is 11.6 Å². The smallest absolute Gasteiger partial charge is 0.190 e. The number of nitrogens with zero attached hydrogens (tertiary/aromatic N) is 4. The van der Waals surface area contributed by atoms with Crippen LogP contribution in [0.3, 0.4) is 0 Å². The Bertz CT molecular complexity index is 1130. The number of halogens is 2. The monoisotopic (exact) mass is 521 g/mol. The quantitative estimate of drug-likeness (QED) is 0.151. The first-order valence-corrected chi connectivity index (χ1v) is 9.73. The number of aliphatic imine (C=N–C) groups is 1. The van der Waals surface area contributed by atoms with E-state index in [0.29, 0.717) is 0 Å². The fourth-order valence-electron chi connectivity index (χ4n) is 3.42. The molecule has 30 heavy (non-hydrogen) atoms. The van der Waals surface area contributed by atoms with Crippen LogP contribution in [-0.4, -0.2) is 45.7 Å². The summed E-state index contributed by atoms with van der Waals surface area (Å²) in [4.78, 5) is 7.39. The van der Waals surface area contributed by atoms with Gasteiger partial charge in [-0.1, -0.05) is 6.07 Å². The zero-order valence-corrected chi connectivity index (χ0v) is 19.1. The van der Waals surface area contributed by atoms with Gasteiger partial charge in [0.25, 0.3) is 0 Å². The van der Waals surface area contributed by atoms with Crippen LogP contribution in [0.25, 0.3) is 16.6 Å². The van der Waals surface area contributed by atoms with Gasteiger partial charge in [-0.15, -0.1) is 34.2 Å². The molecule has 0 aliphatic carbocycles. The number of hydrogen-bond donors (Lipinski definition) is 3. The number of nitrogens with one attached hydrogen (secondary N) is 3. The van der Waals surface area contributed by atoms with Crippen molar-refractivity contribution in [2.75, 3.05) is 20.1 Å². The van der Waals surface area contributed by atoms with E-state index in [9.17, 15) is 4.39 Å². The molecule has 0 spiro atoms. The second-order valence-electron chi connectivity index (χ2n) is 6.83. The number of pyridine rings is 1. The number of aryl methyl sites for hydroxylation is 1. The summed E-state index contributed by atoms with van der Waals surface area (Å²) in [6.07, 6.45) is 6.49. The maximum atomic E-state index is 13.3. The largest absolute Gasteiger partial charge is 0.361 e. The zero-order chi connectivity index (χ0) is 20.1. The Hall–Kier alpha value is -2.69. The number of rotatable bonds is 7. The van der Waals surface area contributed by atoms with Crippen LogP contribution in [0, 0.1) is 5.82 Å². The average molecular weight is 521 g/mol. The van der Waals surface area contributed by atoms with E-state index in [2.05, 4.69) is 30.8 Å². The lowest BCUT2D eigenvalue weighted by molar-refractivity contribution is 0.629. The molecule has 4 aromatic rings. The lowest BCUT2D eigenvalue weighted by atomic mass is 10.1. The summed E-state index contributed by atoms with van der Waals surface area (Å²) in [6.45, 7) is 1.52. The number of aromatic amines is 1. The highest BCUT2D eigenvalue weighted by Gasteiger charge is 2.06. The summed E-state index contributed by atoms with van der Waals surface area (Å²) in [5, 5.41) is 16.1. The van der Waals surface area contributed by atoms with Crippen molar-refractivity contribution in [3.05, 3.63) is 66.0 Å². The Morgan fingerprint density at radius 3 is 2.87 bits per heavy atom. The maximum absolute atomic E-state index is 13.3. The van der Waals surface area contributed by atoms with Crippen molar-refractivity contribution in [3.63, 3.8) is 0 Å². The molecule has 0 amide bonds. The van der Waals surface area contributed by atoms with Crippen molar-refractivity contribution < 1.29 is 4.39 Å². The Morgan fingerprint density at radius 1 is 1.13 bits per heavy atom. The maximum Gasteiger partial charge on any atom is 0.190 e. The first kappa shape index (κ1) is 22.0. The molecule has 4 rings (SSSR count).